The summed E-state index contributed by atoms with van der Waals surface area (Å²) < 4.78 is 17.8. The lowest BCUT2D eigenvalue weighted by Gasteiger charge is -2.08. The molecule has 2 aromatic rings. The molecular formula is C16H12Cl2FNO3. The van der Waals surface area contributed by atoms with Gasteiger partial charge in [-0.25, -0.2) is 9.18 Å². The van der Waals surface area contributed by atoms with Crippen molar-refractivity contribution >= 4 is 35.1 Å². The fourth-order valence-corrected chi connectivity index (χ4v) is 2.07. The third-order valence-corrected chi connectivity index (χ3v) is 3.51. The Balaban J connectivity index is 1.81. The van der Waals surface area contributed by atoms with Crippen LogP contribution in [0.4, 0.5) is 4.39 Å². The summed E-state index contributed by atoms with van der Waals surface area (Å²) in [6, 6.07) is 9.97. The van der Waals surface area contributed by atoms with E-state index in [1.54, 1.807) is 12.1 Å². The first kappa shape index (κ1) is 17.2. The van der Waals surface area contributed by atoms with Crippen molar-refractivity contribution in [1.29, 1.82) is 0 Å². The SMILES string of the molecule is O=C(COC(=O)c1ccc(Cl)cc1)NCc1ccc(F)cc1Cl. The first-order chi connectivity index (χ1) is 11.0. The van der Waals surface area contributed by atoms with Crippen molar-refractivity contribution in [3.05, 3.63) is 69.5 Å². The fourth-order valence-electron chi connectivity index (χ4n) is 1.71. The van der Waals surface area contributed by atoms with Crippen molar-refractivity contribution in [1.82, 2.24) is 5.32 Å². The highest BCUT2D eigenvalue weighted by Gasteiger charge is 2.10. The molecule has 0 unspecified atom stereocenters. The second-order valence-electron chi connectivity index (χ2n) is 4.60. The summed E-state index contributed by atoms with van der Waals surface area (Å²) in [6.07, 6.45) is 0. The number of ether oxygens (including phenoxy) is 1. The maximum Gasteiger partial charge on any atom is 0.338 e. The van der Waals surface area contributed by atoms with Crippen LogP contribution in [-0.4, -0.2) is 18.5 Å². The summed E-state index contributed by atoms with van der Waals surface area (Å²) in [5, 5.41) is 3.24. The lowest BCUT2D eigenvalue weighted by molar-refractivity contribution is -0.124. The van der Waals surface area contributed by atoms with Crippen molar-refractivity contribution in [3.8, 4) is 0 Å². The van der Waals surface area contributed by atoms with Crippen LogP contribution in [0, 0.1) is 5.82 Å². The van der Waals surface area contributed by atoms with Crippen LogP contribution in [0.15, 0.2) is 42.5 Å². The van der Waals surface area contributed by atoms with Crippen LogP contribution < -0.4 is 5.32 Å². The second kappa shape index (κ2) is 7.94. The number of carbonyl (C=O) groups excluding carboxylic acids is 2. The Labute approximate surface area is 142 Å². The van der Waals surface area contributed by atoms with E-state index in [1.165, 1.54) is 24.3 Å². The van der Waals surface area contributed by atoms with E-state index in [-0.39, 0.29) is 11.6 Å². The maximum atomic E-state index is 12.9. The van der Waals surface area contributed by atoms with Gasteiger partial charge < -0.3 is 10.1 Å². The van der Waals surface area contributed by atoms with Gasteiger partial charge in [0.1, 0.15) is 5.82 Å². The average Bonchev–Trinajstić information content (AvgIpc) is 2.52. The molecule has 0 saturated carbocycles. The molecular weight excluding hydrogens is 344 g/mol. The molecule has 2 aromatic carbocycles. The normalized spacial score (nSPS) is 10.2. The van der Waals surface area contributed by atoms with Gasteiger partial charge >= 0.3 is 5.97 Å². The second-order valence-corrected chi connectivity index (χ2v) is 5.44. The third-order valence-electron chi connectivity index (χ3n) is 2.91. The Kier molecular flexibility index (Phi) is 5.96. The van der Waals surface area contributed by atoms with Gasteiger partial charge in [0.15, 0.2) is 6.61 Å². The third kappa shape index (κ3) is 5.23. The first-order valence-electron chi connectivity index (χ1n) is 6.59. The van der Waals surface area contributed by atoms with Gasteiger partial charge in [-0.2, -0.15) is 0 Å². The first-order valence-corrected chi connectivity index (χ1v) is 7.34. The molecule has 0 radical (unpaired) electrons. The van der Waals surface area contributed by atoms with Crippen LogP contribution in [0.5, 0.6) is 0 Å². The van der Waals surface area contributed by atoms with Crippen LogP contribution in [0.25, 0.3) is 0 Å². The summed E-state index contributed by atoms with van der Waals surface area (Å²) in [5.74, 6) is -1.58. The van der Waals surface area contributed by atoms with E-state index in [1.807, 2.05) is 0 Å². The van der Waals surface area contributed by atoms with Gasteiger partial charge in [-0.1, -0.05) is 29.3 Å². The quantitative estimate of drug-likeness (QED) is 0.833. The molecule has 0 atom stereocenters. The molecule has 7 heteroatoms. The van der Waals surface area contributed by atoms with Crippen molar-refractivity contribution in [2.75, 3.05) is 6.61 Å². The lowest BCUT2D eigenvalue weighted by atomic mass is 10.2. The van der Waals surface area contributed by atoms with E-state index in [4.69, 9.17) is 27.9 Å². The number of benzene rings is 2. The van der Waals surface area contributed by atoms with E-state index in [0.29, 0.717) is 16.1 Å². The van der Waals surface area contributed by atoms with E-state index in [9.17, 15) is 14.0 Å². The van der Waals surface area contributed by atoms with Gasteiger partial charge in [-0.15, -0.1) is 0 Å². The minimum atomic E-state index is -0.628. The van der Waals surface area contributed by atoms with Crippen LogP contribution in [0.1, 0.15) is 15.9 Å². The number of hydrogen-bond acceptors (Lipinski definition) is 3. The molecule has 0 spiro atoms. The fraction of sp³-hybridized carbons (Fsp3) is 0.125. The molecule has 0 aliphatic carbocycles. The van der Waals surface area contributed by atoms with Gasteiger partial charge in [-0.05, 0) is 42.0 Å². The predicted octanol–water partition coefficient (Wildman–Crippen LogP) is 3.61. The highest BCUT2D eigenvalue weighted by molar-refractivity contribution is 6.31. The Morgan fingerprint density at radius 2 is 1.78 bits per heavy atom. The predicted molar refractivity (Wildman–Crippen MR) is 85.0 cm³/mol. The van der Waals surface area contributed by atoms with E-state index < -0.39 is 24.3 Å². The zero-order valence-electron chi connectivity index (χ0n) is 11.8. The Hall–Kier alpha value is -2.11. The molecule has 0 aliphatic heterocycles. The summed E-state index contributed by atoms with van der Waals surface area (Å²) in [7, 11) is 0. The van der Waals surface area contributed by atoms with Gasteiger partial charge in [0.25, 0.3) is 5.91 Å². The molecule has 23 heavy (non-hydrogen) atoms. The molecule has 1 amide bonds. The molecule has 0 aromatic heterocycles. The monoisotopic (exact) mass is 355 g/mol. The molecule has 0 bridgehead atoms. The Bertz CT molecular complexity index is 720. The smallest absolute Gasteiger partial charge is 0.338 e. The maximum absolute atomic E-state index is 12.9. The summed E-state index contributed by atoms with van der Waals surface area (Å²) in [4.78, 5) is 23.4. The zero-order chi connectivity index (χ0) is 16.8. The molecule has 0 saturated heterocycles. The number of nitrogens with one attached hydrogen (secondary N) is 1. The minimum Gasteiger partial charge on any atom is -0.452 e. The summed E-state index contributed by atoms with van der Waals surface area (Å²) in [5.41, 5.74) is 0.856. The molecule has 4 nitrogen and oxygen atoms in total. The van der Waals surface area contributed by atoms with Crippen molar-refractivity contribution in [2.24, 2.45) is 0 Å². The Morgan fingerprint density at radius 1 is 1.09 bits per heavy atom. The number of esters is 1. The minimum absolute atomic E-state index is 0.108. The number of amides is 1. The van der Waals surface area contributed by atoms with Gasteiger partial charge in [0, 0.05) is 16.6 Å². The van der Waals surface area contributed by atoms with Crippen LogP contribution >= 0.6 is 23.2 Å². The van der Waals surface area contributed by atoms with Gasteiger partial charge in [0.05, 0.1) is 5.56 Å². The highest BCUT2D eigenvalue weighted by atomic mass is 35.5. The van der Waals surface area contributed by atoms with E-state index >= 15 is 0 Å². The van der Waals surface area contributed by atoms with E-state index in [2.05, 4.69) is 5.32 Å². The number of hydrogen-bond donors (Lipinski definition) is 1. The molecule has 2 rings (SSSR count). The van der Waals surface area contributed by atoms with E-state index in [0.717, 1.165) is 6.07 Å². The topological polar surface area (TPSA) is 55.4 Å². The molecule has 0 fully saturated rings. The van der Waals surface area contributed by atoms with Crippen LogP contribution in [0.2, 0.25) is 10.0 Å². The van der Waals surface area contributed by atoms with Gasteiger partial charge in [-0.3, -0.25) is 4.79 Å². The molecule has 0 aliphatic rings. The standard InChI is InChI=1S/C16H12Cl2FNO3/c17-12-4-1-10(2-5-12)16(22)23-9-15(21)20-8-11-3-6-13(19)7-14(11)18/h1-7H,8-9H2,(H,20,21). The van der Waals surface area contributed by atoms with Crippen LogP contribution in [0.3, 0.4) is 0 Å². The van der Waals surface area contributed by atoms with Crippen molar-refractivity contribution in [2.45, 2.75) is 6.54 Å². The molecule has 1 N–H and O–H groups in total. The van der Waals surface area contributed by atoms with Crippen LogP contribution in [-0.2, 0) is 16.1 Å². The Morgan fingerprint density at radius 3 is 2.43 bits per heavy atom. The zero-order valence-corrected chi connectivity index (χ0v) is 13.3. The van der Waals surface area contributed by atoms with Crippen molar-refractivity contribution in [3.63, 3.8) is 0 Å². The summed E-state index contributed by atoms with van der Waals surface area (Å²) >= 11 is 11.6. The molecule has 0 heterocycles. The van der Waals surface area contributed by atoms with Gasteiger partial charge in [0.2, 0.25) is 0 Å². The lowest BCUT2D eigenvalue weighted by Crippen LogP contribution is -2.28. The number of carbonyl (C=O) groups is 2. The molecule has 120 valence electrons. The van der Waals surface area contributed by atoms with Crippen molar-refractivity contribution < 1.29 is 18.7 Å². The largest absolute Gasteiger partial charge is 0.452 e. The average molecular weight is 356 g/mol. The summed E-state index contributed by atoms with van der Waals surface area (Å²) in [6.45, 7) is -0.323. The highest BCUT2D eigenvalue weighted by Crippen LogP contribution is 2.16. The number of halogens is 3. The number of rotatable bonds is 5.